The van der Waals surface area contributed by atoms with Crippen LogP contribution in [0.25, 0.3) is 6.08 Å². The fourth-order valence-corrected chi connectivity index (χ4v) is 2.68. The molecular weight excluding hydrogens is 256 g/mol. The molecule has 3 rings (SSSR count). The molecule has 1 heteroatoms. The minimum absolute atomic E-state index is 0.161. The van der Waals surface area contributed by atoms with Crippen LogP contribution in [0.4, 0.5) is 0 Å². The molecule has 0 atom stereocenters. The van der Waals surface area contributed by atoms with Crippen LogP contribution in [0, 0.1) is 0 Å². The van der Waals surface area contributed by atoms with Crippen molar-refractivity contribution < 1.29 is 4.79 Å². The Balaban J connectivity index is 1.86. The Bertz CT molecular complexity index is 678. The zero-order valence-electron chi connectivity index (χ0n) is 12.0. The molecule has 21 heavy (non-hydrogen) atoms. The van der Waals surface area contributed by atoms with E-state index in [9.17, 15) is 4.79 Å². The maximum Gasteiger partial charge on any atom is 0.189 e. The fraction of sp³-hybridized carbons (Fsp3) is 0.150. The molecule has 0 unspecified atom stereocenters. The smallest absolute Gasteiger partial charge is 0.189 e. The molecule has 0 saturated heterocycles. The van der Waals surface area contributed by atoms with Crippen LogP contribution in [0.5, 0.6) is 0 Å². The molecule has 0 fully saturated rings. The van der Waals surface area contributed by atoms with Crippen LogP contribution < -0.4 is 0 Å². The highest BCUT2D eigenvalue weighted by Crippen LogP contribution is 2.26. The van der Waals surface area contributed by atoms with E-state index in [-0.39, 0.29) is 5.78 Å². The van der Waals surface area contributed by atoms with Gasteiger partial charge in [-0.25, -0.2) is 0 Å². The summed E-state index contributed by atoms with van der Waals surface area (Å²) in [7, 11) is 0. The first-order valence-corrected chi connectivity index (χ1v) is 7.39. The quantitative estimate of drug-likeness (QED) is 0.715. The summed E-state index contributed by atoms with van der Waals surface area (Å²) in [6.45, 7) is 0. The molecule has 2 aromatic rings. The Labute approximate surface area is 125 Å². The molecule has 0 radical (unpaired) electrons. The summed E-state index contributed by atoms with van der Waals surface area (Å²) in [4.78, 5) is 12.5. The van der Waals surface area contributed by atoms with Crippen molar-refractivity contribution in [3.05, 3.63) is 89.0 Å². The third-order valence-corrected chi connectivity index (χ3v) is 3.75. The highest BCUT2D eigenvalue weighted by Gasteiger charge is 2.15. The summed E-state index contributed by atoms with van der Waals surface area (Å²) in [5.41, 5.74) is 4.14. The maximum absolute atomic E-state index is 12.5. The lowest BCUT2D eigenvalue weighted by molar-refractivity contribution is 0.102. The van der Waals surface area contributed by atoms with E-state index >= 15 is 0 Å². The van der Waals surface area contributed by atoms with Crippen molar-refractivity contribution in [1.82, 2.24) is 0 Å². The molecule has 0 spiro atoms. The zero-order chi connectivity index (χ0) is 14.5. The Hall–Kier alpha value is -2.41. The minimum atomic E-state index is 0.161. The van der Waals surface area contributed by atoms with Gasteiger partial charge in [-0.05, 0) is 30.4 Å². The second-order valence-corrected chi connectivity index (χ2v) is 5.35. The number of ketones is 1. The molecule has 0 aromatic heterocycles. The Kier molecular flexibility index (Phi) is 4.11. The van der Waals surface area contributed by atoms with Gasteiger partial charge in [0.25, 0.3) is 0 Å². The van der Waals surface area contributed by atoms with Crippen molar-refractivity contribution in [1.29, 1.82) is 0 Å². The van der Waals surface area contributed by atoms with E-state index in [2.05, 4.69) is 24.3 Å². The highest BCUT2D eigenvalue weighted by molar-refractivity contribution is 6.09. The molecule has 0 saturated carbocycles. The summed E-state index contributed by atoms with van der Waals surface area (Å²) in [5, 5.41) is 0. The van der Waals surface area contributed by atoms with E-state index < -0.39 is 0 Å². The number of hydrogen-bond donors (Lipinski definition) is 0. The second-order valence-electron chi connectivity index (χ2n) is 5.35. The SMILES string of the molecule is O=C(C1=CC(=Cc2ccccc2)CCC1)c1ccccc1. The summed E-state index contributed by atoms with van der Waals surface area (Å²) in [6, 6.07) is 19.8. The molecule has 0 N–H and O–H groups in total. The zero-order valence-corrected chi connectivity index (χ0v) is 12.0. The number of carbonyl (C=O) groups is 1. The number of carbonyl (C=O) groups excluding carboxylic acids is 1. The van der Waals surface area contributed by atoms with Gasteiger partial charge >= 0.3 is 0 Å². The van der Waals surface area contributed by atoms with Crippen LogP contribution in [0.15, 0.2) is 77.9 Å². The molecule has 0 bridgehead atoms. The molecule has 1 aliphatic rings. The molecule has 0 amide bonds. The average molecular weight is 274 g/mol. The second kappa shape index (κ2) is 6.36. The van der Waals surface area contributed by atoms with Crippen molar-refractivity contribution in [3.63, 3.8) is 0 Å². The van der Waals surface area contributed by atoms with Gasteiger partial charge in [0, 0.05) is 11.1 Å². The van der Waals surface area contributed by atoms with E-state index in [0.717, 1.165) is 30.4 Å². The third kappa shape index (κ3) is 3.38. The molecule has 0 aliphatic heterocycles. The van der Waals surface area contributed by atoms with Gasteiger partial charge in [-0.1, -0.05) is 72.8 Å². The number of Topliss-reactive ketones (excluding diaryl/α,β-unsaturated/α-hetero) is 1. The minimum Gasteiger partial charge on any atom is -0.289 e. The van der Waals surface area contributed by atoms with Gasteiger partial charge < -0.3 is 0 Å². The van der Waals surface area contributed by atoms with Gasteiger partial charge in [-0.2, -0.15) is 0 Å². The van der Waals surface area contributed by atoms with E-state index in [1.165, 1.54) is 11.1 Å². The first-order chi connectivity index (χ1) is 10.3. The van der Waals surface area contributed by atoms with Crippen LogP contribution >= 0.6 is 0 Å². The van der Waals surface area contributed by atoms with Crippen LogP contribution in [-0.4, -0.2) is 5.78 Å². The van der Waals surface area contributed by atoms with Gasteiger partial charge in [-0.3, -0.25) is 4.79 Å². The van der Waals surface area contributed by atoms with Crippen molar-refractivity contribution in [2.45, 2.75) is 19.3 Å². The van der Waals surface area contributed by atoms with Gasteiger partial charge in [0.1, 0.15) is 0 Å². The first kappa shape index (κ1) is 13.6. The van der Waals surface area contributed by atoms with E-state index in [1.807, 2.05) is 48.5 Å². The molecule has 1 nitrogen and oxygen atoms in total. The molecule has 1 aliphatic carbocycles. The predicted molar refractivity (Wildman–Crippen MR) is 87.1 cm³/mol. The first-order valence-electron chi connectivity index (χ1n) is 7.39. The normalized spacial score (nSPS) is 16.6. The lowest BCUT2D eigenvalue weighted by Crippen LogP contribution is -2.07. The highest BCUT2D eigenvalue weighted by atomic mass is 16.1. The summed E-state index contributed by atoms with van der Waals surface area (Å²) in [5.74, 6) is 0.161. The lowest BCUT2D eigenvalue weighted by atomic mass is 9.89. The van der Waals surface area contributed by atoms with Gasteiger partial charge in [0.05, 0.1) is 0 Å². The Morgan fingerprint density at radius 1 is 0.857 bits per heavy atom. The Morgan fingerprint density at radius 3 is 2.24 bits per heavy atom. The summed E-state index contributed by atoms with van der Waals surface area (Å²) >= 11 is 0. The third-order valence-electron chi connectivity index (χ3n) is 3.75. The summed E-state index contributed by atoms with van der Waals surface area (Å²) < 4.78 is 0. The van der Waals surface area contributed by atoms with Crippen LogP contribution in [0.2, 0.25) is 0 Å². The van der Waals surface area contributed by atoms with E-state index in [4.69, 9.17) is 0 Å². The van der Waals surface area contributed by atoms with Gasteiger partial charge in [0.2, 0.25) is 0 Å². The van der Waals surface area contributed by atoms with Crippen molar-refractivity contribution >= 4 is 11.9 Å². The molecule has 0 heterocycles. The van der Waals surface area contributed by atoms with Crippen molar-refractivity contribution in [2.24, 2.45) is 0 Å². The molecule has 104 valence electrons. The largest absolute Gasteiger partial charge is 0.289 e. The predicted octanol–water partition coefficient (Wildman–Crippen LogP) is 5.06. The number of benzene rings is 2. The number of allylic oxidation sites excluding steroid dienone is 3. The van der Waals surface area contributed by atoms with Gasteiger partial charge in [0.15, 0.2) is 5.78 Å². The lowest BCUT2D eigenvalue weighted by Gasteiger charge is -2.14. The van der Waals surface area contributed by atoms with E-state index in [0.29, 0.717) is 0 Å². The monoisotopic (exact) mass is 274 g/mol. The molecule has 2 aromatic carbocycles. The van der Waals surface area contributed by atoms with Gasteiger partial charge in [-0.15, -0.1) is 0 Å². The topological polar surface area (TPSA) is 17.1 Å². The van der Waals surface area contributed by atoms with Crippen LogP contribution in [0.1, 0.15) is 35.2 Å². The van der Waals surface area contributed by atoms with Crippen molar-refractivity contribution in [2.75, 3.05) is 0 Å². The summed E-state index contributed by atoms with van der Waals surface area (Å²) in [6.07, 6.45) is 7.21. The number of hydrogen-bond acceptors (Lipinski definition) is 1. The van der Waals surface area contributed by atoms with Crippen LogP contribution in [0.3, 0.4) is 0 Å². The van der Waals surface area contributed by atoms with Crippen LogP contribution in [-0.2, 0) is 0 Å². The standard InChI is InChI=1S/C20H18O/c21-20(18-11-5-2-6-12-18)19-13-7-10-17(15-19)14-16-8-3-1-4-9-16/h1-6,8-9,11-12,14-15H,7,10,13H2. The van der Waals surface area contributed by atoms with Crippen molar-refractivity contribution in [3.8, 4) is 0 Å². The maximum atomic E-state index is 12.5. The average Bonchev–Trinajstić information content (AvgIpc) is 2.56. The number of rotatable bonds is 3. The fourth-order valence-electron chi connectivity index (χ4n) is 2.68. The Morgan fingerprint density at radius 2 is 1.52 bits per heavy atom. The van der Waals surface area contributed by atoms with E-state index in [1.54, 1.807) is 0 Å². The molecular formula is C20H18O.